The first-order valence-corrected chi connectivity index (χ1v) is 23.8. The number of rotatable bonds is 20. The molecular weight excluding hydrogens is 937 g/mol. The van der Waals surface area contributed by atoms with Crippen molar-refractivity contribution >= 4 is 36.8 Å². The Morgan fingerprint density at radius 3 is 0.973 bits per heavy atom. The van der Waals surface area contributed by atoms with Crippen LogP contribution in [0.25, 0.3) is 0 Å². The maximum absolute atomic E-state index is 13.0. The molecule has 0 atom stereocenters. The highest BCUT2D eigenvalue weighted by Crippen LogP contribution is 2.45. The van der Waals surface area contributed by atoms with Crippen molar-refractivity contribution in [3.63, 3.8) is 0 Å². The molecule has 0 aliphatic heterocycles. The maximum atomic E-state index is 13.0. The Bertz CT molecular complexity index is 3100. The molecule has 7 rings (SSSR count). The van der Waals surface area contributed by atoms with Gasteiger partial charge in [0.1, 0.15) is 37.1 Å². The molecule has 0 aromatic heterocycles. The van der Waals surface area contributed by atoms with Crippen LogP contribution >= 0.6 is 0 Å². The summed E-state index contributed by atoms with van der Waals surface area (Å²) in [5, 5.41) is 0. The van der Waals surface area contributed by atoms with Crippen molar-refractivity contribution in [3.8, 4) is 17.2 Å². The lowest BCUT2D eigenvalue weighted by atomic mass is 9.68. The number of carbonyl (C=O) groups excluding carboxylic acids is 6. The third kappa shape index (κ3) is 11.2. The molecule has 0 spiro atoms. The molecular formula is C62H58O12. The van der Waals surface area contributed by atoms with E-state index in [9.17, 15) is 28.8 Å². The Kier molecular flexibility index (Phi) is 16.4. The standard InChI is InChI=1S/C62H58O12/c1-38-26-52(29-47(32-63)55(38)72-35-41-10-16-44(17-11-41)58(66)69-7)61(4,5)50-22-24-51(25-23-50)62(6,53-27-39(2)56(48(30-53)33-64)73-36-42-12-18-45(19-13-42)59(67)70-8)54-28-40(3)57(49(31-54)34-65)74-37-43-14-20-46(21-15-43)60(68)71-9/h10-34H,35-37H2,1-9H3. The number of carbonyl (C=O) groups is 6. The summed E-state index contributed by atoms with van der Waals surface area (Å²) in [4.78, 5) is 74.6. The largest absolute Gasteiger partial charge is 0.488 e. The van der Waals surface area contributed by atoms with Crippen molar-refractivity contribution < 1.29 is 57.2 Å². The number of hydrogen-bond donors (Lipinski definition) is 0. The van der Waals surface area contributed by atoms with Crippen molar-refractivity contribution in [3.05, 3.63) is 228 Å². The van der Waals surface area contributed by atoms with Gasteiger partial charge in [0.2, 0.25) is 0 Å². The lowest BCUT2D eigenvalue weighted by Crippen LogP contribution is -2.27. The highest BCUT2D eigenvalue weighted by molar-refractivity contribution is 5.90. The molecule has 12 heteroatoms. The summed E-state index contributed by atoms with van der Waals surface area (Å²) in [5.41, 5.74) is 9.51. The average molecular weight is 995 g/mol. The molecule has 0 aliphatic carbocycles. The van der Waals surface area contributed by atoms with Gasteiger partial charge >= 0.3 is 17.9 Å². The molecule has 7 aromatic carbocycles. The first kappa shape index (κ1) is 53.2. The van der Waals surface area contributed by atoms with E-state index in [1.54, 1.807) is 72.8 Å². The quantitative estimate of drug-likeness (QED) is 0.0308. The minimum atomic E-state index is -0.974. The highest BCUT2D eigenvalue weighted by atomic mass is 16.5. The van der Waals surface area contributed by atoms with Gasteiger partial charge in [-0.2, -0.15) is 0 Å². The average Bonchev–Trinajstić information content (AvgIpc) is 3.42. The summed E-state index contributed by atoms with van der Waals surface area (Å²) in [6.45, 7) is 12.3. The number of hydrogen-bond acceptors (Lipinski definition) is 12. The van der Waals surface area contributed by atoms with Gasteiger partial charge in [-0.1, -0.05) is 92.7 Å². The van der Waals surface area contributed by atoms with Crippen LogP contribution in [0.5, 0.6) is 17.2 Å². The van der Waals surface area contributed by atoms with E-state index in [1.165, 1.54) is 21.3 Å². The second-order valence-corrected chi connectivity index (χ2v) is 18.7. The normalized spacial score (nSPS) is 11.3. The molecule has 12 nitrogen and oxygen atoms in total. The number of methoxy groups -OCH3 is 3. The minimum Gasteiger partial charge on any atom is -0.488 e. The molecule has 0 bridgehead atoms. The zero-order chi connectivity index (χ0) is 53.3. The van der Waals surface area contributed by atoms with Gasteiger partial charge in [0.15, 0.2) is 18.9 Å². The van der Waals surface area contributed by atoms with Crippen LogP contribution in [-0.2, 0) is 44.9 Å². The Labute approximate surface area is 431 Å². The topological polar surface area (TPSA) is 158 Å². The summed E-state index contributed by atoms with van der Waals surface area (Å²) in [6.07, 6.45) is 2.33. The van der Waals surface area contributed by atoms with E-state index in [0.717, 1.165) is 68.9 Å². The van der Waals surface area contributed by atoms with Crippen LogP contribution in [0.3, 0.4) is 0 Å². The van der Waals surface area contributed by atoms with Crippen molar-refractivity contribution in [2.24, 2.45) is 0 Å². The first-order valence-electron chi connectivity index (χ1n) is 23.8. The van der Waals surface area contributed by atoms with E-state index in [1.807, 2.05) is 69.3 Å². The third-order valence-corrected chi connectivity index (χ3v) is 13.6. The lowest BCUT2D eigenvalue weighted by molar-refractivity contribution is 0.0592. The van der Waals surface area contributed by atoms with Crippen molar-refractivity contribution in [2.45, 2.75) is 72.2 Å². The Morgan fingerprint density at radius 2 is 0.676 bits per heavy atom. The van der Waals surface area contributed by atoms with E-state index in [0.29, 0.717) is 61.8 Å². The summed E-state index contributed by atoms with van der Waals surface area (Å²) >= 11 is 0. The molecule has 0 fully saturated rings. The van der Waals surface area contributed by atoms with Gasteiger partial charge in [0.25, 0.3) is 0 Å². The molecule has 378 valence electrons. The maximum Gasteiger partial charge on any atom is 0.337 e. The zero-order valence-electron chi connectivity index (χ0n) is 43.0. The molecule has 0 amide bonds. The molecule has 0 saturated heterocycles. The van der Waals surface area contributed by atoms with Crippen LogP contribution < -0.4 is 14.2 Å². The predicted octanol–water partition coefficient (Wildman–Crippen LogP) is 11.8. The molecule has 74 heavy (non-hydrogen) atoms. The minimum absolute atomic E-state index is 0.132. The number of aryl methyl sites for hydroxylation is 3. The fourth-order valence-corrected chi connectivity index (χ4v) is 9.11. The number of esters is 3. The van der Waals surface area contributed by atoms with Crippen LogP contribution in [-0.4, -0.2) is 58.1 Å². The van der Waals surface area contributed by atoms with Gasteiger partial charge in [-0.15, -0.1) is 0 Å². The van der Waals surface area contributed by atoms with E-state index >= 15 is 0 Å². The van der Waals surface area contributed by atoms with Crippen LogP contribution in [0.15, 0.2) is 133 Å². The SMILES string of the molecule is COC(=O)c1ccc(COc2c(C)cc(C(C)(C)c3ccc(C(C)(c4cc(C)c(OCc5ccc(C(=O)OC)cc5)c(C=O)c4)c4cc(C)c(OCc5ccc(C(=O)OC)cc5)c(C=O)c4)cc3)cc2C=O)cc1. The summed E-state index contributed by atoms with van der Waals surface area (Å²) in [6, 6.07) is 40.3. The van der Waals surface area contributed by atoms with Crippen molar-refractivity contribution in [1.29, 1.82) is 0 Å². The summed E-state index contributed by atoms with van der Waals surface area (Å²) in [7, 11) is 3.98. The van der Waals surface area contributed by atoms with Gasteiger partial charge in [-0.25, -0.2) is 14.4 Å². The van der Waals surface area contributed by atoms with E-state index in [2.05, 4.69) is 32.9 Å². The van der Waals surface area contributed by atoms with Crippen molar-refractivity contribution in [1.82, 2.24) is 0 Å². The Morgan fingerprint density at radius 1 is 0.392 bits per heavy atom. The molecule has 0 heterocycles. The van der Waals surface area contributed by atoms with Crippen LogP contribution in [0.4, 0.5) is 0 Å². The second-order valence-electron chi connectivity index (χ2n) is 18.7. The fourth-order valence-electron chi connectivity index (χ4n) is 9.11. The zero-order valence-corrected chi connectivity index (χ0v) is 43.0. The lowest BCUT2D eigenvalue weighted by Gasteiger charge is -2.35. The monoisotopic (exact) mass is 994 g/mol. The van der Waals surface area contributed by atoms with Gasteiger partial charge in [0, 0.05) is 10.8 Å². The van der Waals surface area contributed by atoms with E-state index in [4.69, 9.17) is 28.4 Å². The third-order valence-electron chi connectivity index (χ3n) is 13.6. The fraction of sp³-hybridized carbons (Fsp3) is 0.226. The smallest absolute Gasteiger partial charge is 0.337 e. The van der Waals surface area contributed by atoms with Crippen molar-refractivity contribution in [2.75, 3.05) is 21.3 Å². The molecule has 0 saturated carbocycles. The Hall–Kier alpha value is -8.64. The van der Waals surface area contributed by atoms with Gasteiger partial charge in [-0.3, -0.25) is 14.4 Å². The number of benzene rings is 7. The molecule has 0 radical (unpaired) electrons. The van der Waals surface area contributed by atoms with Gasteiger partial charge in [-0.05, 0) is 143 Å². The molecule has 0 unspecified atom stereocenters. The van der Waals surface area contributed by atoms with Crippen LogP contribution in [0.2, 0.25) is 0 Å². The van der Waals surface area contributed by atoms with Crippen LogP contribution in [0.1, 0.15) is 144 Å². The van der Waals surface area contributed by atoms with Gasteiger partial charge < -0.3 is 28.4 Å². The molecule has 0 N–H and O–H groups in total. The molecule has 7 aromatic rings. The predicted molar refractivity (Wildman–Crippen MR) is 280 cm³/mol. The second kappa shape index (κ2) is 22.8. The van der Waals surface area contributed by atoms with Crippen LogP contribution in [0, 0.1) is 20.8 Å². The summed E-state index contributed by atoms with van der Waals surface area (Å²) < 4.78 is 33.3. The van der Waals surface area contributed by atoms with Gasteiger partial charge in [0.05, 0.1) is 54.7 Å². The summed E-state index contributed by atoms with van der Waals surface area (Å²) in [5.74, 6) is -0.0513. The number of aldehydes is 3. The Balaban J connectivity index is 1.25. The number of ether oxygens (including phenoxy) is 6. The first-order chi connectivity index (χ1) is 35.5. The highest BCUT2D eigenvalue weighted by Gasteiger charge is 2.35. The van der Waals surface area contributed by atoms with E-state index < -0.39 is 28.7 Å². The molecule has 0 aliphatic rings. The van der Waals surface area contributed by atoms with E-state index in [-0.39, 0.29) is 19.8 Å².